The van der Waals surface area contributed by atoms with Crippen molar-refractivity contribution in [3.63, 3.8) is 0 Å². The van der Waals surface area contributed by atoms with E-state index in [1.165, 1.54) is 55.6 Å². The van der Waals surface area contributed by atoms with Crippen molar-refractivity contribution in [1.29, 1.82) is 0 Å². The average molecular weight is 431 g/mol. The van der Waals surface area contributed by atoms with Gasteiger partial charge in [-0.3, -0.25) is 0 Å². The third-order valence-corrected chi connectivity index (χ3v) is 7.22. The van der Waals surface area contributed by atoms with Gasteiger partial charge in [0.05, 0.1) is 5.41 Å². The lowest BCUT2D eigenvalue weighted by molar-refractivity contribution is 0.402. The Morgan fingerprint density at radius 3 is 1.30 bits per heavy atom. The van der Waals surface area contributed by atoms with E-state index in [4.69, 9.17) is 0 Å². The fourth-order valence-electron chi connectivity index (χ4n) is 6.17. The zero-order valence-electron chi connectivity index (χ0n) is 19.9. The van der Waals surface area contributed by atoms with E-state index in [0.29, 0.717) is 0 Å². The quantitative estimate of drug-likeness (QED) is 0.331. The molecule has 0 saturated heterocycles. The molecular weight excluding hydrogens is 400 g/mol. The Balaban J connectivity index is 1.67. The van der Waals surface area contributed by atoms with Gasteiger partial charge in [-0.1, -0.05) is 72.8 Å². The molecule has 0 atom stereocenters. The summed E-state index contributed by atoms with van der Waals surface area (Å²) in [6.07, 6.45) is 0. The van der Waals surface area contributed by atoms with Crippen LogP contribution in [0.5, 0.6) is 0 Å². The summed E-state index contributed by atoms with van der Waals surface area (Å²) in [6, 6.07) is 32.4. The highest BCUT2D eigenvalue weighted by molar-refractivity contribution is 5.95. The molecule has 164 valence electrons. The van der Waals surface area contributed by atoms with Crippen LogP contribution in [0.25, 0.3) is 22.3 Å². The molecule has 0 unspecified atom stereocenters. The normalized spacial score (nSPS) is 14.5. The molecule has 2 aliphatic carbocycles. The molecule has 6 rings (SSSR count). The molecule has 2 nitrogen and oxygen atoms in total. The second kappa shape index (κ2) is 7.41. The van der Waals surface area contributed by atoms with Crippen molar-refractivity contribution in [1.82, 2.24) is 9.80 Å². The molecule has 4 aromatic carbocycles. The van der Waals surface area contributed by atoms with Gasteiger partial charge in [-0.25, -0.2) is 0 Å². The first kappa shape index (κ1) is 20.4. The Kier molecular flexibility index (Phi) is 4.58. The van der Waals surface area contributed by atoms with E-state index >= 15 is 0 Å². The van der Waals surface area contributed by atoms with Crippen molar-refractivity contribution < 1.29 is 0 Å². The molecule has 0 aromatic heterocycles. The van der Waals surface area contributed by atoms with Crippen LogP contribution in [0.3, 0.4) is 0 Å². The van der Waals surface area contributed by atoms with Gasteiger partial charge >= 0.3 is 0 Å². The van der Waals surface area contributed by atoms with E-state index in [0.717, 1.165) is 13.1 Å². The maximum absolute atomic E-state index is 2.42. The summed E-state index contributed by atoms with van der Waals surface area (Å²) >= 11 is 0. The topological polar surface area (TPSA) is 6.48 Å². The van der Waals surface area contributed by atoms with Gasteiger partial charge in [0.2, 0.25) is 0 Å². The van der Waals surface area contributed by atoms with Crippen molar-refractivity contribution in [3.05, 3.63) is 118 Å². The zero-order valence-corrected chi connectivity index (χ0v) is 19.9. The lowest BCUT2D eigenvalue weighted by Gasteiger charge is -2.30. The second-order valence-electron chi connectivity index (χ2n) is 10.1. The monoisotopic (exact) mass is 430 g/mol. The fraction of sp³-hybridized carbons (Fsp3) is 0.226. The molecular formula is C31H30N2. The lowest BCUT2D eigenvalue weighted by atomic mass is 9.70. The van der Waals surface area contributed by atoms with Gasteiger partial charge in [0, 0.05) is 13.1 Å². The Morgan fingerprint density at radius 2 is 0.879 bits per heavy atom. The summed E-state index contributed by atoms with van der Waals surface area (Å²) in [5.41, 5.74) is 13.6. The van der Waals surface area contributed by atoms with E-state index in [1.807, 2.05) is 0 Å². The second-order valence-corrected chi connectivity index (χ2v) is 10.1. The van der Waals surface area contributed by atoms with Gasteiger partial charge in [-0.15, -0.1) is 0 Å². The van der Waals surface area contributed by atoms with E-state index in [9.17, 15) is 0 Å². The summed E-state index contributed by atoms with van der Waals surface area (Å²) < 4.78 is 0. The molecule has 0 fully saturated rings. The Bertz CT molecular complexity index is 1270. The molecule has 2 aliphatic rings. The van der Waals surface area contributed by atoms with Gasteiger partial charge in [0.25, 0.3) is 0 Å². The van der Waals surface area contributed by atoms with E-state index in [2.05, 4.69) is 123 Å². The molecule has 0 bridgehead atoms. The van der Waals surface area contributed by atoms with Crippen molar-refractivity contribution >= 4 is 0 Å². The summed E-state index contributed by atoms with van der Waals surface area (Å²) in [5, 5.41) is 0. The molecule has 2 heteroatoms. The van der Waals surface area contributed by atoms with E-state index < -0.39 is 0 Å². The highest BCUT2D eigenvalue weighted by atomic mass is 15.1. The number of rotatable bonds is 4. The summed E-state index contributed by atoms with van der Waals surface area (Å²) in [4.78, 5) is 4.48. The van der Waals surface area contributed by atoms with Crippen LogP contribution in [-0.2, 0) is 18.5 Å². The molecule has 4 aromatic rings. The largest absolute Gasteiger partial charge is 0.305 e. The Morgan fingerprint density at radius 1 is 0.485 bits per heavy atom. The highest BCUT2D eigenvalue weighted by Gasteiger charge is 2.51. The van der Waals surface area contributed by atoms with Gasteiger partial charge < -0.3 is 9.80 Å². The Hall–Kier alpha value is -3.20. The molecule has 0 aliphatic heterocycles. The molecule has 0 N–H and O–H groups in total. The molecule has 1 spiro atoms. The van der Waals surface area contributed by atoms with Crippen LogP contribution in [-0.4, -0.2) is 38.0 Å². The number of benzene rings is 4. The zero-order chi connectivity index (χ0) is 22.7. The van der Waals surface area contributed by atoms with Crippen LogP contribution in [0, 0.1) is 0 Å². The van der Waals surface area contributed by atoms with Crippen LogP contribution in [0.2, 0.25) is 0 Å². The van der Waals surface area contributed by atoms with Crippen molar-refractivity contribution in [3.8, 4) is 22.3 Å². The first-order valence-electron chi connectivity index (χ1n) is 11.8. The number of nitrogens with zero attached hydrogens (tertiary/aromatic N) is 2. The van der Waals surface area contributed by atoms with Crippen LogP contribution in [0.4, 0.5) is 0 Å². The first-order chi connectivity index (χ1) is 16.0. The SMILES string of the molecule is CN(C)Cc1ccc2c(c1)-c1ccccc1C21c2ccccc2-c2cc(CN(C)C)ccc21. The molecule has 33 heavy (non-hydrogen) atoms. The number of hydrogen-bond acceptors (Lipinski definition) is 2. The van der Waals surface area contributed by atoms with Crippen LogP contribution < -0.4 is 0 Å². The smallest absolute Gasteiger partial charge is 0.0725 e. The predicted molar refractivity (Wildman–Crippen MR) is 138 cm³/mol. The van der Waals surface area contributed by atoms with Gasteiger partial charge in [-0.2, -0.15) is 0 Å². The predicted octanol–water partition coefficient (Wildman–Crippen LogP) is 6.15. The van der Waals surface area contributed by atoms with Crippen molar-refractivity contribution in [2.75, 3.05) is 28.2 Å². The van der Waals surface area contributed by atoms with Crippen molar-refractivity contribution in [2.45, 2.75) is 18.5 Å². The molecule has 0 amide bonds. The van der Waals surface area contributed by atoms with E-state index in [1.54, 1.807) is 0 Å². The minimum atomic E-state index is -0.245. The summed E-state index contributed by atoms with van der Waals surface area (Å²) in [7, 11) is 8.55. The third-order valence-electron chi connectivity index (χ3n) is 7.22. The highest BCUT2D eigenvalue weighted by Crippen LogP contribution is 2.62. The third kappa shape index (κ3) is 2.88. The molecule has 0 radical (unpaired) electrons. The number of hydrogen-bond donors (Lipinski definition) is 0. The minimum Gasteiger partial charge on any atom is -0.305 e. The maximum Gasteiger partial charge on any atom is 0.0725 e. The van der Waals surface area contributed by atoms with Crippen molar-refractivity contribution in [2.24, 2.45) is 0 Å². The Labute approximate surface area is 197 Å². The summed E-state index contributed by atoms with van der Waals surface area (Å²) in [5.74, 6) is 0. The standard InChI is InChI=1S/C31H30N2/c1-32(2)19-21-13-15-29-25(17-21)23-9-5-7-11-27(23)31(29)28-12-8-6-10-24(28)26-18-22(20-33(3)4)14-16-30(26)31/h5-18H,19-20H2,1-4H3. The maximum atomic E-state index is 2.42. The van der Waals surface area contributed by atoms with Crippen LogP contribution in [0.15, 0.2) is 84.9 Å². The average Bonchev–Trinajstić information content (AvgIpc) is 3.25. The van der Waals surface area contributed by atoms with Crippen LogP contribution >= 0.6 is 0 Å². The summed E-state index contributed by atoms with van der Waals surface area (Å²) in [6.45, 7) is 1.90. The lowest BCUT2D eigenvalue weighted by Crippen LogP contribution is -2.26. The van der Waals surface area contributed by atoms with Gasteiger partial charge in [-0.05, 0) is 96.0 Å². The molecule has 0 saturated carbocycles. The minimum absolute atomic E-state index is 0.245. The van der Waals surface area contributed by atoms with Gasteiger partial charge in [0.1, 0.15) is 0 Å². The van der Waals surface area contributed by atoms with Gasteiger partial charge in [0.15, 0.2) is 0 Å². The fourth-order valence-corrected chi connectivity index (χ4v) is 6.17. The number of fused-ring (bicyclic) bond motifs is 10. The first-order valence-corrected chi connectivity index (χ1v) is 11.8. The molecule has 0 heterocycles. The van der Waals surface area contributed by atoms with Crippen LogP contribution in [0.1, 0.15) is 33.4 Å². The van der Waals surface area contributed by atoms with E-state index in [-0.39, 0.29) is 5.41 Å².